The summed E-state index contributed by atoms with van der Waals surface area (Å²) in [6.07, 6.45) is 0. The van der Waals surface area contributed by atoms with E-state index in [-0.39, 0.29) is 11.0 Å². The molecule has 1 saturated carbocycles. The summed E-state index contributed by atoms with van der Waals surface area (Å²) in [5, 5.41) is 18.6. The highest BCUT2D eigenvalue weighted by molar-refractivity contribution is 7.09. The number of nitrogens with zero attached hydrogens (tertiary/aromatic N) is 3. The molecule has 1 aromatic rings. The second-order valence-corrected chi connectivity index (χ2v) is 5.00. The van der Waals surface area contributed by atoms with Gasteiger partial charge in [-0.05, 0) is 10.6 Å². The van der Waals surface area contributed by atoms with Gasteiger partial charge < -0.3 is 5.11 Å². The number of nitrogens with one attached hydrogen (secondary N) is 1. The zero-order valence-electron chi connectivity index (χ0n) is 8.67. The summed E-state index contributed by atoms with van der Waals surface area (Å²) in [6, 6.07) is 0. The standard InChI is InChI=1S/C8H10N4O3S/c1-8(2)3(4(8)6(14)15)5(13)9-7-10-11-12-16-7/h3-4H,1-2H3,(H,14,15)(H,9,10,12,13)/t3-,4+/m1/s1. The van der Waals surface area contributed by atoms with Crippen LogP contribution in [-0.2, 0) is 9.59 Å². The van der Waals surface area contributed by atoms with Crippen LogP contribution in [0.4, 0.5) is 5.13 Å². The molecule has 1 amide bonds. The van der Waals surface area contributed by atoms with Crippen molar-refractivity contribution >= 4 is 28.5 Å². The molecule has 8 heteroatoms. The molecule has 86 valence electrons. The predicted molar refractivity (Wildman–Crippen MR) is 54.7 cm³/mol. The molecule has 16 heavy (non-hydrogen) atoms. The third-order valence-electron chi connectivity index (χ3n) is 2.91. The van der Waals surface area contributed by atoms with Gasteiger partial charge in [0.1, 0.15) is 0 Å². The fraction of sp³-hybridized carbons (Fsp3) is 0.625. The van der Waals surface area contributed by atoms with E-state index in [0.29, 0.717) is 0 Å². The molecule has 2 atom stereocenters. The van der Waals surface area contributed by atoms with E-state index in [1.807, 2.05) is 0 Å². The third kappa shape index (κ3) is 1.64. The van der Waals surface area contributed by atoms with Gasteiger partial charge in [0, 0.05) is 11.5 Å². The van der Waals surface area contributed by atoms with Crippen LogP contribution in [0.25, 0.3) is 0 Å². The Kier molecular flexibility index (Phi) is 2.38. The highest BCUT2D eigenvalue weighted by Crippen LogP contribution is 2.58. The molecule has 0 radical (unpaired) electrons. The second kappa shape index (κ2) is 3.48. The molecule has 2 rings (SSSR count). The van der Waals surface area contributed by atoms with E-state index < -0.39 is 23.2 Å². The van der Waals surface area contributed by atoms with Gasteiger partial charge in [0.05, 0.1) is 11.8 Å². The van der Waals surface area contributed by atoms with Crippen molar-refractivity contribution in [1.29, 1.82) is 0 Å². The number of hydrogen-bond acceptors (Lipinski definition) is 6. The van der Waals surface area contributed by atoms with E-state index in [1.165, 1.54) is 0 Å². The molecule has 0 bridgehead atoms. The van der Waals surface area contributed by atoms with Crippen LogP contribution in [0.15, 0.2) is 0 Å². The zero-order chi connectivity index (χ0) is 11.9. The molecule has 2 N–H and O–H groups in total. The number of carboxylic acids is 1. The number of carbonyl (C=O) groups is 2. The Hall–Kier alpha value is -1.57. The van der Waals surface area contributed by atoms with Crippen molar-refractivity contribution in [3.05, 3.63) is 0 Å². The molecule has 1 aliphatic rings. The summed E-state index contributed by atoms with van der Waals surface area (Å²) in [5.74, 6) is -2.43. The first-order valence-electron chi connectivity index (χ1n) is 4.63. The quantitative estimate of drug-likeness (QED) is 0.786. The van der Waals surface area contributed by atoms with Crippen LogP contribution in [0.1, 0.15) is 13.8 Å². The molecular weight excluding hydrogens is 232 g/mol. The SMILES string of the molecule is CC1(C)[C@H](C(=O)O)[C@@H]1C(=O)Nc1nnns1. The normalized spacial score (nSPS) is 26.1. The van der Waals surface area contributed by atoms with E-state index in [4.69, 9.17) is 5.11 Å². The molecule has 0 aliphatic heterocycles. The summed E-state index contributed by atoms with van der Waals surface area (Å²) in [5.41, 5.74) is -0.506. The average molecular weight is 242 g/mol. The minimum atomic E-state index is -0.944. The average Bonchev–Trinajstić information content (AvgIpc) is 2.58. The molecule has 1 aliphatic carbocycles. The minimum Gasteiger partial charge on any atom is -0.481 e. The maximum atomic E-state index is 11.7. The zero-order valence-corrected chi connectivity index (χ0v) is 9.48. The van der Waals surface area contributed by atoms with Gasteiger partial charge in [0.15, 0.2) is 0 Å². The number of aromatic nitrogens is 3. The first kappa shape index (κ1) is 10.9. The number of aliphatic carboxylic acids is 1. The van der Waals surface area contributed by atoms with Crippen molar-refractivity contribution in [2.24, 2.45) is 17.3 Å². The molecule has 1 fully saturated rings. The number of rotatable bonds is 3. The van der Waals surface area contributed by atoms with Gasteiger partial charge in [-0.3, -0.25) is 14.9 Å². The maximum absolute atomic E-state index is 11.7. The minimum absolute atomic E-state index is 0.289. The summed E-state index contributed by atoms with van der Waals surface area (Å²) >= 11 is 0.955. The van der Waals surface area contributed by atoms with E-state index in [9.17, 15) is 9.59 Å². The Labute approximate surface area is 95.0 Å². The number of hydrogen-bond donors (Lipinski definition) is 2. The summed E-state index contributed by atoms with van der Waals surface area (Å²) in [4.78, 5) is 22.6. The van der Waals surface area contributed by atoms with Crippen LogP contribution in [0.3, 0.4) is 0 Å². The lowest BCUT2D eigenvalue weighted by molar-refractivity contribution is -0.140. The number of carbonyl (C=O) groups excluding carboxylic acids is 1. The molecule has 0 spiro atoms. The number of amides is 1. The van der Waals surface area contributed by atoms with Gasteiger partial charge in [0.25, 0.3) is 0 Å². The van der Waals surface area contributed by atoms with Gasteiger partial charge >= 0.3 is 5.97 Å². The topological polar surface area (TPSA) is 105 Å². The van der Waals surface area contributed by atoms with E-state index in [1.54, 1.807) is 13.8 Å². The van der Waals surface area contributed by atoms with Crippen LogP contribution in [0.2, 0.25) is 0 Å². The Bertz CT molecular complexity index is 431. The lowest BCUT2D eigenvalue weighted by atomic mass is 10.1. The van der Waals surface area contributed by atoms with Crippen LogP contribution < -0.4 is 5.32 Å². The van der Waals surface area contributed by atoms with Crippen molar-refractivity contribution in [2.45, 2.75) is 13.8 Å². The third-order valence-corrected chi connectivity index (χ3v) is 3.42. The van der Waals surface area contributed by atoms with Crippen LogP contribution in [0, 0.1) is 17.3 Å². The first-order valence-corrected chi connectivity index (χ1v) is 5.40. The summed E-state index contributed by atoms with van der Waals surface area (Å²) in [6.45, 7) is 3.52. The van der Waals surface area contributed by atoms with Crippen LogP contribution in [0.5, 0.6) is 0 Å². The van der Waals surface area contributed by atoms with Gasteiger partial charge in [-0.1, -0.05) is 23.4 Å². The molecular formula is C8H10N4O3S. The van der Waals surface area contributed by atoms with Crippen molar-refractivity contribution in [2.75, 3.05) is 5.32 Å². The molecule has 0 saturated heterocycles. The number of anilines is 1. The van der Waals surface area contributed by atoms with E-state index in [0.717, 1.165) is 11.5 Å². The Morgan fingerprint density at radius 3 is 2.56 bits per heavy atom. The van der Waals surface area contributed by atoms with Crippen LogP contribution >= 0.6 is 11.5 Å². The largest absolute Gasteiger partial charge is 0.481 e. The van der Waals surface area contributed by atoms with Gasteiger partial charge in [-0.2, -0.15) is 0 Å². The maximum Gasteiger partial charge on any atom is 0.307 e. The first-order chi connectivity index (χ1) is 7.44. The Balaban J connectivity index is 2.05. The lowest BCUT2D eigenvalue weighted by Gasteiger charge is -2.00. The lowest BCUT2D eigenvalue weighted by Crippen LogP contribution is -2.17. The predicted octanol–water partition coefficient (Wildman–Crippen LogP) is 0.228. The van der Waals surface area contributed by atoms with Crippen LogP contribution in [-0.4, -0.2) is 31.8 Å². The van der Waals surface area contributed by atoms with Crippen molar-refractivity contribution in [1.82, 2.24) is 14.8 Å². The molecule has 1 aromatic heterocycles. The molecule has 0 aromatic carbocycles. The second-order valence-electron chi connectivity index (χ2n) is 4.27. The Morgan fingerprint density at radius 2 is 2.12 bits per heavy atom. The van der Waals surface area contributed by atoms with Crippen molar-refractivity contribution < 1.29 is 14.7 Å². The smallest absolute Gasteiger partial charge is 0.307 e. The highest BCUT2D eigenvalue weighted by Gasteiger charge is 2.66. The van der Waals surface area contributed by atoms with Crippen molar-refractivity contribution in [3.8, 4) is 0 Å². The molecule has 1 heterocycles. The van der Waals surface area contributed by atoms with Gasteiger partial charge in [-0.15, -0.1) is 0 Å². The Morgan fingerprint density at radius 1 is 1.44 bits per heavy atom. The molecule has 0 unspecified atom stereocenters. The molecule has 7 nitrogen and oxygen atoms in total. The fourth-order valence-electron chi connectivity index (χ4n) is 1.95. The number of carboxylic acid groups (broad SMARTS) is 1. The van der Waals surface area contributed by atoms with Crippen molar-refractivity contribution in [3.63, 3.8) is 0 Å². The summed E-state index contributed by atoms with van der Waals surface area (Å²) in [7, 11) is 0. The van der Waals surface area contributed by atoms with E-state index >= 15 is 0 Å². The van der Waals surface area contributed by atoms with Gasteiger partial charge in [-0.25, -0.2) is 0 Å². The fourth-order valence-corrected chi connectivity index (χ4v) is 2.32. The summed E-state index contributed by atoms with van der Waals surface area (Å²) < 4.78 is 3.49. The highest BCUT2D eigenvalue weighted by atomic mass is 32.1. The van der Waals surface area contributed by atoms with Gasteiger partial charge in [0.2, 0.25) is 11.0 Å². The monoisotopic (exact) mass is 242 g/mol. The van der Waals surface area contributed by atoms with E-state index in [2.05, 4.69) is 20.1 Å².